The fourth-order valence-corrected chi connectivity index (χ4v) is 4.00. The minimum Gasteiger partial charge on any atom is -0.481 e. The Labute approximate surface area is 129 Å². The number of nitrogens with zero attached hydrogens (tertiary/aromatic N) is 2. The summed E-state index contributed by atoms with van der Waals surface area (Å²) in [5.74, 6) is -1.06. The number of anilines is 1. The normalized spacial score (nSPS) is 11.3. The summed E-state index contributed by atoms with van der Waals surface area (Å²) in [6.07, 6.45) is -0.310. The van der Waals surface area contributed by atoms with Crippen LogP contribution in [0.3, 0.4) is 0 Å². The molecule has 112 valence electrons. The van der Waals surface area contributed by atoms with E-state index < -0.39 is 16.0 Å². The van der Waals surface area contributed by atoms with Crippen molar-refractivity contribution < 1.29 is 18.3 Å². The standard InChI is InChI=1S/C11H10ClN3O4S2/c1-6-7(12)3-2-4-8(6)21(18,19)15-11-14-13-9(20-11)5-10(16)17/h2-4H,5H2,1H3,(H,14,15)(H,16,17). The lowest BCUT2D eigenvalue weighted by molar-refractivity contribution is -0.136. The van der Waals surface area contributed by atoms with Gasteiger partial charge in [-0.3, -0.25) is 9.52 Å². The van der Waals surface area contributed by atoms with Gasteiger partial charge in [-0.25, -0.2) is 8.42 Å². The van der Waals surface area contributed by atoms with Crippen molar-refractivity contribution in [2.24, 2.45) is 0 Å². The number of sulfonamides is 1. The summed E-state index contributed by atoms with van der Waals surface area (Å²) >= 11 is 6.77. The molecule has 0 atom stereocenters. The molecule has 7 nitrogen and oxygen atoms in total. The summed E-state index contributed by atoms with van der Waals surface area (Å²) in [5, 5.41) is 16.4. The molecule has 0 bridgehead atoms. The highest BCUT2D eigenvalue weighted by Gasteiger charge is 2.20. The summed E-state index contributed by atoms with van der Waals surface area (Å²) in [5.41, 5.74) is 0.418. The summed E-state index contributed by atoms with van der Waals surface area (Å²) in [7, 11) is -3.86. The number of hydrogen-bond donors (Lipinski definition) is 2. The molecule has 0 spiro atoms. The fourth-order valence-electron chi connectivity index (χ4n) is 1.54. The van der Waals surface area contributed by atoms with Crippen LogP contribution in [0.25, 0.3) is 0 Å². The lowest BCUT2D eigenvalue weighted by Gasteiger charge is -2.08. The predicted octanol–water partition coefficient (Wildman–Crippen LogP) is 1.93. The van der Waals surface area contributed by atoms with Crippen LogP contribution < -0.4 is 4.72 Å². The quantitative estimate of drug-likeness (QED) is 0.855. The minimum absolute atomic E-state index is 0.00521. The van der Waals surface area contributed by atoms with Crippen LogP contribution in [0.15, 0.2) is 23.1 Å². The van der Waals surface area contributed by atoms with Crippen molar-refractivity contribution in [1.29, 1.82) is 0 Å². The van der Waals surface area contributed by atoms with Gasteiger partial charge in [0.15, 0.2) is 0 Å². The molecule has 21 heavy (non-hydrogen) atoms. The van der Waals surface area contributed by atoms with Crippen molar-refractivity contribution >= 4 is 44.1 Å². The van der Waals surface area contributed by atoms with E-state index >= 15 is 0 Å². The van der Waals surface area contributed by atoms with Crippen molar-refractivity contribution in [2.45, 2.75) is 18.2 Å². The summed E-state index contributed by atoms with van der Waals surface area (Å²) in [4.78, 5) is 10.6. The topological polar surface area (TPSA) is 109 Å². The maximum Gasteiger partial charge on any atom is 0.310 e. The van der Waals surface area contributed by atoms with Gasteiger partial charge in [0, 0.05) is 5.02 Å². The van der Waals surface area contributed by atoms with Gasteiger partial charge in [0.1, 0.15) is 5.01 Å². The maximum absolute atomic E-state index is 12.3. The van der Waals surface area contributed by atoms with E-state index in [9.17, 15) is 13.2 Å². The predicted molar refractivity (Wildman–Crippen MR) is 78.2 cm³/mol. The zero-order valence-corrected chi connectivity index (χ0v) is 13.1. The van der Waals surface area contributed by atoms with E-state index in [0.717, 1.165) is 11.3 Å². The van der Waals surface area contributed by atoms with Crippen LogP contribution in [0.1, 0.15) is 10.6 Å². The summed E-state index contributed by atoms with van der Waals surface area (Å²) in [6.45, 7) is 1.59. The van der Waals surface area contributed by atoms with E-state index in [1.165, 1.54) is 12.1 Å². The van der Waals surface area contributed by atoms with Gasteiger partial charge in [-0.05, 0) is 24.6 Å². The number of hydrogen-bond acceptors (Lipinski definition) is 6. The zero-order valence-electron chi connectivity index (χ0n) is 10.7. The van der Waals surface area contributed by atoms with E-state index in [1.807, 2.05) is 0 Å². The third-order valence-electron chi connectivity index (χ3n) is 2.50. The number of rotatable bonds is 5. The number of nitrogens with one attached hydrogen (secondary N) is 1. The number of carboxylic acids is 1. The molecule has 0 aliphatic carbocycles. The summed E-state index contributed by atoms with van der Waals surface area (Å²) in [6, 6.07) is 4.54. The lowest BCUT2D eigenvalue weighted by atomic mass is 10.2. The molecule has 2 aromatic rings. The molecular formula is C11H10ClN3O4S2. The van der Waals surface area contributed by atoms with Crippen molar-refractivity contribution in [3.63, 3.8) is 0 Å². The van der Waals surface area contributed by atoms with Gasteiger partial charge < -0.3 is 5.11 Å². The lowest BCUT2D eigenvalue weighted by Crippen LogP contribution is -2.14. The van der Waals surface area contributed by atoms with E-state index in [4.69, 9.17) is 16.7 Å². The van der Waals surface area contributed by atoms with E-state index in [2.05, 4.69) is 14.9 Å². The minimum atomic E-state index is -3.86. The zero-order chi connectivity index (χ0) is 15.6. The van der Waals surface area contributed by atoms with Gasteiger partial charge in [0.2, 0.25) is 5.13 Å². The molecule has 0 aliphatic rings. The Morgan fingerprint density at radius 1 is 1.43 bits per heavy atom. The third kappa shape index (κ3) is 3.69. The molecule has 0 fully saturated rings. The number of halogens is 1. The van der Waals surface area contributed by atoms with Gasteiger partial charge in [-0.15, -0.1) is 10.2 Å². The maximum atomic E-state index is 12.3. The second-order valence-corrected chi connectivity index (χ2v) is 7.16. The highest BCUT2D eigenvalue weighted by Crippen LogP contribution is 2.25. The van der Waals surface area contributed by atoms with E-state index in [-0.39, 0.29) is 21.5 Å². The largest absolute Gasteiger partial charge is 0.481 e. The van der Waals surface area contributed by atoms with E-state index in [0.29, 0.717) is 10.6 Å². The van der Waals surface area contributed by atoms with Crippen molar-refractivity contribution in [3.05, 3.63) is 33.8 Å². The highest BCUT2D eigenvalue weighted by atomic mass is 35.5. The van der Waals surface area contributed by atoms with Crippen molar-refractivity contribution in [1.82, 2.24) is 10.2 Å². The number of carboxylic acid groups (broad SMARTS) is 1. The van der Waals surface area contributed by atoms with Gasteiger partial charge in [-0.2, -0.15) is 0 Å². The third-order valence-corrected chi connectivity index (χ3v) is 5.36. The van der Waals surface area contributed by atoms with Crippen LogP contribution in [0.2, 0.25) is 5.02 Å². The molecule has 0 amide bonds. The van der Waals surface area contributed by atoms with Gasteiger partial charge in [-0.1, -0.05) is 29.0 Å². The Morgan fingerprint density at radius 2 is 2.14 bits per heavy atom. The van der Waals surface area contributed by atoms with Crippen LogP contribution in [0.5, 0.6) is 0 Å². The Hall–Kier alpha value is -1.71. The molecule has 0 unspecified atom stereocenters. The molecule has 2 N–H and O–H groups in total. The Balaban J connectivity index is 2.27. The number of aliphatic carboxylic acids is 1. The average Bonchev–Trinajstić information content (AvgIpc) is 2.78. The van der Waals surface area contributed by atoms with Gasteiger partial charge in [0.05, 0.1) is 11.3 Å². The molecule has 0 radical (unpaired) electrons. The van der Waals surface area contributed by atoms with Crippen molar-refractivity contribution in [3.8, 4) is 0 Å². The second kappa shape index (κ2) is 5.96. The van der Waals surface area contributed by atoms with Crippen LogP contribution in [0.4, 0.5) is 5.13 Å². The smallest absolute Gasteiger partial charge is 0.310 e. The average molecular weight is 348 g/mol. The SMILES string of the molecule is Cc1c(Cl)cccc1S(=O)(=O)Nc1nnc(CC(=O)O)s1. The number of carbonyl (C=O) groups is 1. The van der Waals surface area contributed by atoms with Crippen LogP contribution >= 0.6 is 22.9 Å². The second-order valence-electron chi connectivity index (χ2n) is 4.04. The van der Waals surface area contributed by atoms with Crippen LogP contribution in [-0.2, 0) is 21.2 Å². The number of benzene rings is 1. The fraction of sp³-hybridized carbons (Fsp3) is 0.182. The molecule has 2 rings (SSSR count). The first-order valence-electron chi connectivity index (χ1n) is 5.61. The van der Waals surface area contributed by atoms with E-state index in [1.54, 1.807) is 13.0 Å². The van der Waals surface area contributed by atoms with Gasteiger partial charge in [0.25, 0.3) is 10.0 Å². The molecule has 0 aliphatic heterocycles. The molecule has 1 aromatic carbocycles. The van der Waals surface area contributed by atoms with Crippen LogP contribution in [0, 0.1) is 6.92 Å². The summed E-state index contributed by atoms with van der Waals surface area (Å²) < 4.78 is 26.8. The first kappa shape index (κ1) is 15.7. The molecule has 0 saturated carbocycles. The first-order valence-corrected chi connectivity index (χ1v) is 8.29. The Kier molecular flexibility index (Phi) is 4.45. The Morgan fingerprint density at radius 3 is 2.81 bits per heavy atom. The molecular weight excluding hydrogens is 338 g/mol. The molecule has 1 heterocycles. The highest BCUT2D eigenvalue weighted by molar-refractivity contribution is 7.93. The monoisotopic (exact) mass is 347 g/mol. The molecule has 10 heteroatoms. The first-order chi connectivity index (χ1) is 9.79. The van der Waals surface area contributed by atoms with Crippen molar-refractivity contribution in [2.75, 3.05) is 4.72 Å². The molecule has 1 aromatic heterocycles. The molecule has 0 saturated heterocycles. The van der Waals surface area contributed by atoms with Gasteiger partial charge >= 0.3 is 5.97 Å². The Bertz CT molecular complexity index is 789. The van der Waals surface area contributed by atoms with Crippen LogP contribution in [-0.4, -0.2) is 29.7 Å². The number of aromatic nitrogens is 2.